The second-order valence-electron chi connectivity index (χ2n) is 3.81. The van der Waals surface area contributed by atoms with E-state index in [1.165, 1.54) is 16.7 Å². The summed E-state index contributed by atoms with van der Waals surface area (Å²) in [4.78, 5) is 0. The van der Waals surface area contributed by atoms with Crippen molar-refractivity contribution in [3.05, 3.63) is 33.3 Å². The first kappa shape index (κ1) is 12.7. The Bertz CT molecular complexity index is 339. The minimum Gasteiger partial charge on any atom is -0.396 e. The molecule has 2 N–H and O–H groups in total. The second-order valence-corrected chi connectivity index (χ2v) is 4.67. The van der Waals surface area contributed by atoms with Gasteiger partial charge in [0.1, 0.15) is 0 Å². The Balaban J connectivity index is 3.06. The number of aliphatic hydroxyl groups excluding tert-OH is 1. The predicted molar refractivity (Wildman–Crippen MR) is 67.1 cm³/mol. The summed E-state index contributed by atoms with van der Waals surface area (Å²) < 4.78 is 1.11. The average Bonchev–Trinajstić information content (AvgIpc) is 2.20. The molecule has 0 bridgehead atoms. The van der Waals surface area contributed by atoms with Crippen LogP contribution in [0.4, 0.5) is 0 Å². The van der Waals surface area contributed by atoms with E-state index >= 15 is 0 Å². The summed E-state index contributed by atoms with van der Waals surface area (Å²) in [6.07, 6.45) is 0.734. The molecule has 3 heteroatoms. The van der Waals surface area contributed by atoms with Crippen molar-refractivity contribution in [3.63, 3.8) is 0 Å². The lowest BCUT2D eigenvalue weighted by molar-refractivity contribution is 0.268. The third kappa shape index (κ3) is 3.03. The number of hydrogen-bond donors (Lipinski definition) is 2. The van der Waals surface area contributed by atoms with Crippen molar-refractivity contribution in [2.75, 3.05) is 13.7 Å². The number of aliphatic hydroxyl groups is 1. The van der Waals surface area contributed by atoms with Gasteiger partial charge >= 0.3 is 0 Å². The maximum atomic E-state index is 8.99. The Morgan fingerprint density at radius 2 is 1.93 bits per heavy atom. The summed E-state index contributed by atoms with van der Waals surface area (Å²) in [5, 5.41) is 12.2. The van der Waals surface area contributed by atoms with Gasteiger partial charge < -0.3 is 10.4 Å². The zero-order valence-corrected chi connectivity index (χ0v) is 11.1. The van der Waals surface area contributed by atoms with Gasteiger partial charge in [-0.1, -0.05) is 22.0 Å². The molecular weight excluding hydrogens is 254 g/mol. The van der Waals surface area contributed by atoms with Gasteiger partial charge in [0.2, 0.25) is 0 Å². The quantitative estimate of drug-likeness (QED) is 0.883. The molecule has 2 nitrogen and oxygen atoms in total. The van der Waals surface area contributed by atoms with E-state index in [9.17, 15) is 0 Å². The largest absolute Gasteiger partial charge is 0.396 e. The molecule has 1 atom stereocenters. The van der Waals surface area contributed by atoms with E-state index in [0.717, 1.165) is 10.9 Å². The van der Waals surface area contributed by atoms with Crippen LogP contribution in [0.15, 0.2) is 16.6 Å². The number of nitrogens with one attached hydrogen (secondary N) is 1. The van der Waals surface area contributed by atoms with Gasteiger partial charge in [0.05, 0.1) is 0 Å². The van der Waals surface area contributed by atoms with Crippen molar-refractivity contribution < 1.29 is 5.11 Å². The highest BCUT2D eigenvalue weighted by atomic mass is 79.9. The molecule has 0 aliphatic heterocycles. The smallest absolute Gasteiger partial charge is 0.0449 e. The van der Waals surface area contributed by atoms with Gasteiger partial charge in [-0.25, -0.2) is 0 Å². The monoisotopic (exact) mass is 271 g/mol. The summed E-state index contributed by atoms with van der Waals surface area (Å²) in [6.45, 7) is 4.41. The molecular formula is C12H18BrNO. The molecule has 0 saturated heterocycles. The SMILES string of the molecule is CNC(CCO)c1cc(C)c(C)cc1Br. The minimum absolute atomic E-state index is 0.199. The molecule has 1 unspecified atom stereocenters. The van der Waals surface area contributed by atoms with Gasteiger partial charge in [0.15, 0.2) is 0 Å². The van der Waals surface area contributed by atoms with E-state index in [4.69, 9.17) is 5.11 Å². The van der Waals surface area contributed by atoms with Crippen LogP contribution in [0.1, 0.15) is 29.2 Å². The molecule has 1 aromatic carbocycles. The van der Waals surface area contributed by atoms with Crippen LogP contribution in [-0.2, 0) is 0 Å². The van der Waals surface area contributed by atoms with Crippen molar-refractivity contribution >= 4 is 15.9 Å². The normalized spacial score (nSPS) is 12.9. The summed E-state index contributed by atoms with van der Waals surface area (Å²) in [5.74, 6) is 0. The summed E-state index contributed by atoms with van der Waals surface area (Å²) in [5.41, 5.74) is 3.78. The fourth-order valence-corrected chi connectivity index (χ4v) is 2.39. The highest BCUT2D eigenvalue weighted by molar-refractivity contribution is 9.10. The number of halogens is 1. The first-order chi connectivity index (χ1) is 7.10. The molecule has 0 aliphatic rings. The molecule has 1 aromatic rings. The van der Waals surface area contributed by atoms with Gasteiger partial charge in [-0.15, -0.1) is 0 Å². The van der Waals surface area contributed by atoms with Crippen LogP contribution in [0, 0.1) is 13.8 Å². The number of benzene rings is 1. The molecule has 0 aliphatic carbocycles. The molecule has 0 heterocycles. The lowest BCUT2D eigenvalue weighted by atomic mass is 9.99. The third-order valence-electron chi connectivity index (χ3n) is 2.75. The highest BCUT2D eigenvalue weighted by Gasteiger charge is 2.12. The van der Waals surface area contributed by atoms with Crippen molar-refractivity contribution in [3.8, 4) is 0 Å². The second kappa shape index (κ2) is 5.64. The molecule has 0 amide bonds. The van der Waals surface area contributed by atoms with E-state index < -0.39 is 0 Å². The van der Waals surface area contributed by atoms with Crippen LogP contribution < -0.4 is 5.32 Å². The number of hydrogen-bond acceptors (Lipinski definition) is 2. The van der Waals surface area contributed by atoms with Crippen molar-refractivity contribution in [2.24, 2.45) is 0 Å². The summed E-state index contributed by atoms with van der Waals surface area (Å²) in [7, 11) is 1.92. The van der Waals surface area contributed by atoms with Crippen molar-refractivity contribution in [1.29, 1.82) is 0 Å². The van der Waals surface area contributed by atoms with Crippen LogP contribution in [-0.4, -0.2) is 18.8 Å². The van der Waals surface area contributed by atoms with Gasteiger partial charge in [0, 0.05) is 17.1 Å². The fourth-order valence-electron chi connectivity index (χ4n) is 1.65. The molecule has 1 rings (SSSR count). The lowest BCUT2D eigenvalue weighted by Crippen LogP contribution is -2.18. The maximum absolute atomic E-state index is 8.99. The van der Waals surface area contributed by atoms with E-state index in [-0.39, 0.29) is 12.6 Å². The Morgan fingerprint density at radius 1 is 1.33 bits per heavy atom. The summed E-state index contributed by atoms with van der Waals surface area (Å²) in [6, 6.07) is 4.52. The van der Waals surface area contributed by atoms with Gasteiger partial charge in [0.25, 0.3) is 0 Å². The number of aryl methyl sites for hydroxylation is 2. The fraction of sp³-hybridized carbons (Fsp3) is 0.500. The maximum Gasteiger partial charge on any atom is 0.0449 e. The molecule has 0 aromatic heterocycles. The van der Waals surface area contributed by atoms with Crippen LogP contribution in [0.3, 0.4) is 0 Å². The molecule has 84 valence electrons. The van der Waals surface area contributed by atoms with E-state index in [2.05, 4.69) is 47.2 Å². The van der Waals surface area contributed by atoms with Gasteiger partial charge in [-0.3, -0.25) is 0 Å². The Morgan fingerprint density at radius 3 is 2.47 bits per heavy atom. The molecule has 15 heavy (non-hydrogen) atoms. The number of rotatable bonds is 4. The van der Waals surface area contributed by atoms with Crippen molar-refractivity contribution in [2.45, 2.75) is 26.3 Å². The van der Waals surface area contributed by atoms with Gasteiger partial charge in [-0.2, -0.15) is 0 Å². The van der Waals surface area contributed by atoms with Crippen LogP contribution >= 0.6 is 15.9 Å². The van der Waals surface area contributed by atoms with Crippen LogP contribution in [0.5, 0.6) is 0 Å². The zero-order valence-electron chi connectivity index (χ0n) is 9.47. The molecule has 0 fully saturated rings. The minimum atomic E-state index is 0.199. The average molecular weight is 272 g/mol. The van der Waals surface area contributed by atoms with Crippen LogP contribution in [0.25, 0.3) is 0 Å². The first-order valence-corrected chi connectivity index (χ1v) is 5.94. The first-order valence-electron chi connectivity index (χ1n) is 5.15. The topological polar surface area (TPSA) is 32.3 Å². The predicted octanol–water partition coefficient (Wildman–Crippen LogP) is 2.71. The van der Waals surface area contributed by atoms with Crippen LogP contribution in [0.2, 0.25) is 0 Å². The molecule has 0 radical (unpaired) electrons. The summed E-state index contributed by atoms with van der Waals surface area (Å²) >= 11 is 3.57. The lowest BCUT2D eigenvalue weighted by Gasteiger charge is -2.18. The standard InChI is InChI=1S/C12H18BrNO/c1-8-6-10(11(13)7-9(8)2)12(14-3)4-5-15/h6-7,12,14-15H,4-5H2,1-3H3. The Hall–Kier alpha value is -0.380. The third-order valence-corrected chi connectivity index (χ3v) is 3.44. The molecule has 0 saturated carbocycles. The Kier molecular flexibility index (Phi) is 4.77. The van der Waals surface area contributed by atoms with E-state index in [1.54, 1.807) is 0 Å². The Labute approximate surface area is 99.8 Å². The van der Waals surface area contributed by atoms with Gasteiger partial charge in [-0.05, 0) is 50.1 Å². The van der Waals surface area contributed by atoms with E-state index in [0.29, 0.717) is 0 Å². The van der Waals surface area contributed by atoms with E-state index in [1.807, 2.05) is 7.05 Å². The molecule has 0 spiro atoms. The van der Waals surface area contributed by atoms with Crippen molar-refractivity contribution in [1.82, 2.24) is 5.32 Å². The highest BCUT2D eigenvalue weighted by Crippen LogP contribution is 2.28. The zero-order chi connectivity index (χ0) is 11.4.